The Labute approximate surface area is 289 Å². The quantitative estimate of drug-likeness (QED) is 0.0951. The van der Waals surface area contributed by atoms with E-state index >= 15 is 0 Å². The minimum atomic E-state index is -4.59. The van der Waals surface area contributed by atoms with Gasteiger partial charge in [-0.2, -0.15) is 33.7 Å². The van der Waals surface area contributed by atoms with Gasteiger partial charge in [-0.15, -0.1) is 0 Å². The van der Waals surface area contributed by atoms with E-state index < -0.39 is 50.3 Å². The first-order chi connectivity index (χ1) is 23.5. The molecule has 0 aromatic heterocycles. The van der Waals surface area contributed by atoms with Crippen LogP contribution in [0.2, 0.25) is 0 Å². The third kappa shape index (κ3) is 9.28. The Kier molecular flexibility index (Phi) is 11.4. The van der Waals surface area contributed by atoms with Gasteiger partial charge in [0, 0.05) is 12.1 Å². The van der Waals surface area contributed by atoms with Gasteiger partial charge in [0.1, 0.15) is 19.6 Å². The maximum Gasteiger partial charge on any atom is 0.358 e. The van der Waals surface area contributed by atoms with E-state index in [-0.39, 0.29) is 32.8 Å². The summed E-state index contributed by atoms with van der Waals surface area (Å²) in [5.41, 5.74) is 1.65. The fourth-order valence-electron chi connectivity index (χ4n) is 3.79. The molecule has 0 atom stereocenters. The van der Waals surface area contributed by atoms with E-state index in [2.05, 4.69) is 18.9 Å². The summed E-state index contributed by atoms with van der Waals surface area (Å²) in [6, 6.07) is 17.6. The predicted molar refractivity (Wildman–Crippen MR) is 177 cm³/mol. The molecule has 0 unspecified atom stereocenters. The first-order valence-electron chi connectivity index (χ1n) is 13.8. The minimum absolute atomic E-state index is 0.132. The second-order valence-electron chi connectivity index (χ2n) is 9.89. The van der Waals surface area contributed by atoms with Crippen molar-refractivity contribution < 1.29 is 60.1 Å². The summed E-state index contributed by atoms with van der Waals surface area (Å²) in [4.78, 5) is -1.24. The smallest absolute Gasteiger partial charge is 0.358 e. The zero-order valence-electron chi connectivity index (χ0n) is 26.5. The number of oxime groups is 2. The Hall–Kier alpha value is -5.18. The number of aryl methyl sites for hydroxylation is 2. The van der Waals surface area contributed by atoms with Gasteiger partial charge in [0.25, 0.3) is 0 Å². The lowest BCUT2D eigenvalue weighted by atomic mass is 10.2. The highest BCUT2D eigenvalue weighted by Crippen LogP contribution is 2.34. The van der Waals surface area contributed by atoms with Crippen molar-refractivity contribution in [3.8, 4) is 23.0 Å². The average molecular weight is 769 g/mol. The van der Waals surface area contributed by atoms with Crippen molar-refractivity contribution in [3.05, 3.63) is 96.1 Å². The molecule has 50 heavy (non-hydrogen) atoms. The molecular weight excluding hydrogens is 741 g/mol. The first-order valence-corrected chi connectivity index (χ1v) is 19.4. The third-order valence-electron chi connectivity index (χ3n) is 6.34. The molecule has 4 rings (SSSR count). The molecule has 0 saturated heterocycles. The van der Waals surface area contributed by atoms with Crippen LogP contribution in [0.3, 0.4) is 0 Å². The van der Waals surface area contributed by atoms with E-state index in [1.165, 1.54) is 24.3 Å². The van der Waals surface area contributed by atoms with Crippen LogP contribution >= 0.6 is 0 Å². The Morgan fingerprint density at radius 2 is 0.760 bits per heavy atom. The van der Waals surface area contributed by atoms with Gasteiger partial charge in [-0.05, 0) is 62.4 Å². The van der Waals surface area contributed by atoms with E-state index in [9.17, 15) is 33.7 Å². The molecule has 4 aromatic carbocycles. The number of nitrogens with zero attached hydrogens (tertiary/aromatic N) is 2. The van der Waals surface area contributed by atoms with Crippen molar-refractivity contribution in [3.63, 3.8) is 0 Å². The highest BCUT2D eigenvalue weighted by molar-refractivity contribution is 7.87. The monoisotopic (exact) mass is 768 g/mol. The van der Waals surface area contributed by atoms with Gasteiger partial charge in [0.05, 0.1) is 26.6 Å². The molecule has 16 nitrogen and oxygen atoms in total. The van der Waals surface area contributed by atoms with Crippen molar-refractivity contribution in [2.24, 2.45) is 10.3 Å². The minimum Gasteiger partial charge on any atom is -0.493 e. The van der Waals surface area contributed by atoms with Crippen LogP contribution in [-0.2, 0) is 49.0 Å². The van der Waals surface area contributed by atoms with Gasteiger partial charge in [0.2, 0.25) is 0 Å². The summed E-state index contributed by atoms with van der Waals surface area (Å²) >= 11 is 0. The molecule has 20 heteroatoms. The predicted octanol–water partition coefficient (Wildman–Crippen LogP) is 3.94. The number of ether oxygens (including phenoxy) is 2. The molecule has 0 saturated carbocycles. The molecule has 0 heterocycles. The molecule has 266 valence electrons. The largest absolute Gasteiger partial charge is 0.493 e. The number of hydrogen-bond acceptors (Lipinski definition) is 16. The Bertz CT molecular complexity index is 2190. The van der Waals surface area contributed by atoms with Crippen molar-refractivity contribution >= 4 is 52.9 Å². The molecule has 4 aromatic rings. The third-order valence-corrected chi connectivity index (χ3v) is 11.1. The summed E-state index contributed by atoms with van der Waals surface area (Å²) in [5, 5.41) is 6.40. The van der Waals surface area contributed by atoms with Crippen LogP contribution in [0.25, 0.3) is 0 Å². The van der Waals surface area contributed by atoms with Gasteiger partial charge >= 0.3 is 40.5 Å². The molecule has 0 aliphatic heterocycles. The zero-order chi connectivity index (χ0) is 36.7. The van der Waals surface area contributed by atoms with Crippen LogP contribution in [0.15, 0.2) is 115 Å². The summed E-state index contributed by atoms with van der Waals surface area (Å²) in [5.74, 6) is -1.10. The normalized spacial score (nSPS) is 12.5. The van der Waals surface area contributed by atoms with E-state index in [1.54, 1.807) is 38.1 Å². The van der Waals surface area contributed by atoms with E-state index in [0.717, 1.165) is 61.7 Å². The van der Waals surface area contributed by atoms with Crippen LogP contribution in [0.5, 0.6) is 23.0 Å². The van der Waals surface area contributed by atoms with Crippen LogP contribution in [-0.4, -0.2) is 60.3 Å². The average Bonchev–Trinajstić information content (AvgIpc) is 3.06. The topological polar surface area (TPSA) is 217 Å². The number of methoxy groups -OCH3 is 2. The van der Waals surface area contributed by atoms with Crippen LogP contribution in [0, 0.1) is 13.8 Å². The van der Waals surface area contributed by atoms with E-state index in [4.69, 9.17) is 17.8 Å². The molecule has 0 radical (unpaired) electrons. The maximum atomic E-state index is 12.6. The van der Waals surface area contributed by atoms with E-state index in [0.29, 0.717) is 12.4 Å². The fourth-order valence-corrected chi connectivity index (χ4v) is 7.14. The van der Waals surface area contributed by atoms with Gasteiger partial charge in [0.15, 0.2) is 23.0 Å². The second-order valence-corrected chi connectivity index (χ2v) is 16.0. The highest BCUT2D eigenvalue weighted by Gasteiger charge is 2.24. The maximum absolute atomic E-state index is 12.6. The standard InChI is InChI=1S/C30H28N2O14S4/c1-21-5-9-23(10-6-21)47(33,34)43-27-15-13-25(19-29(27)41-3)49(37,38)45-31-17-18-32-46-50(39,40)26-14-16-28(30(20-26)42-4)44-48(35,36)24-11-7-22(2)8-12-24/h5-20H,1-4H3. The molecule has 0 amide bonds. The van der Waals surface area contributed by atoms with Crippen LogP contribution in [0.4, 0.5) is 0 Å². The van der Waals surface area contributed by atoms with Crippen molar-refractivity contribution in [1.29, 1.82) is 0 Å². The van der Waals surface area contributed by atoms with Gasteiger partial charge in [-0.25, -0.2) is 0 Å². The number of rotatable bonds is 15. The SMILES string of the molecule is COc1cc(S(=O)(=O)ON=CC=NOS(=O)(=O)c2ccc(OS(=O)(=O)c3ccc(C)cc3)c(OC)c2)ccc1OS(=O)(=O)c1ccc(C)cc1. The molecular formula is C30H28N2O14S4. The van der Waals surface area contributed by atoms with Crippen LogP contribution in [0.1, 0.15) is 11.1 Å². The second kappa shape index (κ2) is 15.2. The molecule has 0 aliphatic rings. The van der Waals surface area contributed by atoms with Crippen molar-refractivity contribution in [1.82, 2.24) is 0 Å². The zero-order valence-corrected chi connectivity index (χ0v) is 29.7. The summed E-state index contributed by atoms with van der Waals surface area (Å²) in [7, 11) is -15.4. The van der Waals surface area contributed by atoms with Gasteiger partial charge in [-0.1, -0.05) is 45.7 Å². The highest BCUT2D eigenvalue weighted by atomic mass is 32.2. The molecule has 0 bridgehead atoms. The molecule has 0 aliphatic carbocycles. The summed E-state index contributed by atoms with van der Waals surface area (Å²) in [6.45, 7) is 3.56. The van der Waals surface area contributed by atoms with Crippen molar-refractivity contribution in [2.45, 2.75) is 33.4 Å². The summed E-state index contributed by atoms with van der Waals surface area (Å²) in [6.07, 6.45) is 1.31. The Balaban J connectivity index is 1.39. The number of hydrogen-bond donors (Lipinski definition) is 0. The fraction of sp³-hybridized carbons (Fsp3) is 0.133. The van der Waals surface area contributed by atoms with Gasteiger partial charge < -0.3 is 17.8 Å². The lowest BCUT2D eigenvalue weighted by molar-refractivity contribution is 0.336. The van der Waals surface area contributed by atoms with Gasteiger partial charge in [-0.3, -0.25) is 8.57 Å². The number of benzene rings is 4. The van der Waals surface area contributed by atoms with Crippen molar-refractivity contribution in [2.75, 3.05) is 14.2 Å². The Morgan fingerprint density at radius 3 is 1.08 bits per heavy atom. The van der Waals surface area contributed by atoms with E-state index in [1.807, 2.05) is 0 Å². The lowest BCUT2D eigenvalue weighted by Gasteiger charge is -2.12. The Morgan fingerprint density at radius 1 is 0.440 bits per heavy atom. The molecule has 0 fully saturated rings. The lowest BCUT2D eigenvalue weighted by Crippen LogP contribution is -2.11. The first kappa shape index (κ1) is 37.6. The molecule has 0 N–H and O–H groups in total. The molecule has 0 spiro atoms. The van der Waals surface area contributed by atoms with Crippen LogP contribution < -0.4 is 17.8 Å². The summed E-state index contributed by atoms with van der Waals surface area (Å²) < 4.78 is 131.